The van der Waals surface area contributed by atoms with Gasteiger partial charge < -0.3 is 15.2 Å². The summed E-state index contributed by atoms with van der Waals surface area (Å²) in [6.07, 6.45) is 5.24. The average Bonchev–Trinajstić information content (AvgIpc) is 2.83. The van der Waals surface area contributed by atoms with Gasteiger partial charge in [0.15, 0.2) is 0 Å². The second kappa shape index (κ2) is 6.92. The average molecular weight is 263 g/mol. The molecule has 1 aromatic carbocycles. The molecular weight excluding hydrogens is 238 g/mol. The Balaban J connectivity index is 1.90. The Bertz CT molecular complexity index is 394. The highest BCUT2D eigenvalue weighted by Crippen LogP contribution is 2.26. The van der Waals surface area contributed by atoms with Gasteiger partial charge in [-0.25, -0.2) is 0 Å². The zero-order valence-corrected chi connectivity index (χ0v) is 12.0. The Morgan fingerprint density at radius 2 is 2.26 bits per heavy atom. The van der Waals surface area contributed by atoms with Crippen LogP contribution in [0.5, 0.6) is 5.75 Å². The van der Waals surface area contributed by atoms with Crippen molar-refractivity contribution in [3.8, 4) is 5.75 Å². The molecule has 0 bridgehead atoms. The van der Waals surface area contributed by atoms with E-state index in [2.05, 4.69) is 19.1 Å². The maximum atomic E-state index is 5.92. The molecule has 1 saturated heterocycles. The maximum absolute atomic E-state index is 5.92. The van der Waals surface area contributed by atoms with Crippen molar-refractivity contribution in [1.82, 2.24) is 0 Å². The fourth-order valence-corrected chi connectivity index (χ4v) is 2.83. The van der Waals surface area contributed by atoms with E-state index in [4.69, 9.17) is 15.2 Å². The molecule has 106 valence electrons. The standard InChI is InChI=1S/C16H25NO2/c1-12-6-7-16(19-12)10-14(11-17)8-13-4-3-5-15(9-13)18-2/h3-5,9,12,14,16H,6-8,10-11,17H2,1-2H3. The van der Waals surface area contributed by atoms with Gasteiger partial charge in [0.05, 0.1) is 19.3 Å². The number of methoxy groups -OCH3 is 1. The van der Waals surface area contributed by atoms with Crippen molar-refractivity contribution in [1.29, 1.82) is 0 Å². The molecule has 19 heavy (non-hydrogen) atoms. The lowest BCUT2D eigenvalue weighted by atomic mass is 9.93. The molecule has 3 atom stereocenters. The van der Waals surface area contributed by atoms with Gasteiger partial charge in [-0.1, -0.05) is 12.1 Å². The highest BCUT2D eigenvalue weighted by atomic mass is 16.5. The van der Waals surface area contributed by atoms with Crippen LogP contribution in [0.3, 0.4) is 0 Å². The van der Waals surface area contributed by atoms with Crippen LogP contribution in [0.2, 0.25) is 0 Å². The summed E-state index contributed by atoms with van der Waals surface area (Å²) in [5.74, 6) is 1.40. The summed E-state index contributed by atoms with van der Waals surface area (Å²) >= 11 is 0. The minimum absolute atomic E-state index is 0.397. The monoisotopic (exact) mass is 263 g/mol. The predicted molar refractivity (Wildman–Crippen MR) is 77.4 cm³/mol. The molecule has 3 heteroatoms. The lowest BCUT2D eigenvalue weighted by Gasteiger charge is -2.19. The lowest BCUT2D eigenvalue weighted by molar-refractivity contribution is 0.0415. The van der Waals surface area contributed by atoms with Crippen molar-refractivity contribution >= 4 is 0 Å². The van der Waals surface area contributed by atoms with Gasteiger partial charge in [0.25, 0.3) is 0 Å². The third-order valence-corrected chi connectivity index (χ3v) is 3.91. The summed E-state index contributed by atoms with van der Waals surface area (Å²) in [6, 6.07) is 8.25. The summed E-state index contributed by atoms with van der Waals surface area (Å²) in [6.45, 7) is 2.87. The molecule has 0 aliphatic carbocycles. The highest BCUT2D eigenvalue weighted by Gasteiger charge is 2.24. The van der Waals surface area contributed by atoms with E-state index >= 15 is 0 Å². The molecule has 2 rings (SSSR count). The first-order chi connectivity index (χ1) is 9.21. The van der Waals surface area contributed by atoms with Crippen LogP contribution in [0.25, 0.3) is 0 Å². The van der Waals surface area contributed by atoms with Gasteiger partial charge in [-0.2, -0.15) is 0 Å². The van der Waals surface area contributed by atoms with Gasteiger partial charge in [-0.3, -0.25) is 0 Å². The Kier molecular flexibility index (Phi) is 5.23. The molecule has 0 saturated carbocycles. The quantitative estimate of drug-likeness (QED) is 0.858. The van der Waals surface area contributed by atoms with Crippen LogP contribution in [0.4, 0.5) is 0 Å². The van der Waals surface area contributed by atoms with Crippen LogP contribution in [0.1, 0.15) is 31.7 Å². The van der Waals surface area contributed by atoms with Crippen LogP contribution in [0, 0.1) is 5.92 Å². The smallest absolute Gasteiger partial charge is 0.119 e. The molecule has 0 radical (unpaired) electrons. The second-order valence-corrected chi connectivity index (χ2v) is 5.54. The highest BCUT2D eigenvalue weighted by molar-refractivity contribution is 5.28. The van der Waals surface area contributed by atoms with Gasteiger partial charge in [0, 0.05) is 0 Å². The topological polar surface area (TPSA) is 44.5 Å². The zero-order chi connectivity index (χ0) is 13.7. The molecule has 0 amide bonds. The fourth-order valence-electron chi connectivity index (χ4n) is 2.83. The minimum Gasteiger partial charge on any atom is -0.497 e. The van der Waals surface area contributed by atoms with Gasteiger partial charge in [0.1, 0.15) is 5.75 Å². The molecule has 1 aliphatic rings. The molecule has 1 fully saturated rings. The van der Waals surface area contributed by atoms with Gasteiger partial charge >= 0.3 is 0 Å². The van der Waals surface area contributed by atoms with E-state index in [1.807, 2.05) is 12.1 Å². The van der Waals surface area contributed by atoms with Crippen molar-refractivity contribution in [2.45, 2.75) is 44.8 Å². The minimum atomic E-state index is 0.397. The molecule has 3 unspecified atom stereocenters. The third kappa shape index (κ3) is 4.22. The van der Waals surface area contributed by atoms with Crippen molar-refractivity contribution in [2.24, 2.45) is 11.7 Å². The van der Waals surface area contributed by atoms with E-state index in [-0.39, 0.29) is 0 Å². The fraction of sp³-hybridized carbons (Fsp3) is 0.625. The Morgan fingerprint density at radius 1 is 1.42 bits per heavy atom. The first-order valence-electron chi connectivity index (χ1n) is 7.19. The molecular formula is C16H25NO2. The van der Waals surface area contributed by atoms with E-state index in [0.717, 1.165) is 18.6 Å². The number of hydrogen-bond acceptors (Lipinski definition) is 3. The summed E-state index contributed by atoms with van der Waals surface area (Å²) < 4.78 is 11.2. The predicted octanol–water partition coefficient (Wildman–Crippen LogP) is 2.77. The Hall–Kier alpha value is -1.06. The number of hydrogen-bond donors (Lipinski definition) is 1. The SMILES string of the molecule is COc1cccc(CC(CN)CC2CCC(C)O2)c1. The van der Waals surface area contributed by atoms with Crippen molar-refractivity contribution in [3.05, 3.63) is 29.8 Å². The number of rotatable bonds is 6. The molecule has 2 N–H and O–H groups in total. The van der Waals surface area contributed by atoms with Crippen LogP contribution < -0.4 is 10.5 Å². The Morgan fingerprint density at radius 3 is 2.89 bits per heavy atom. The zero-order valence-electron chi connectivity index (χ0n) is 12.0. The van der Waals surface area contributed by atoms with E-state index in [0.29, 0.717) is 24.7 Å². The number of ether oxygens (including phenoxy) is 2. The molecule has 1 aliphatic heterocycles. The first-order valence-corrected chi connectivity index (χ1v) is 7.19. The molecule has 1 heterocycles. The second-order valence-electron chi connectivity index (χ2n) is 5.54. The van der Waals surface area contributed by atoms with Crippen LogP contribution in [-0.2, 0) is 11.2 Å². The normalized spacial score (nSPS) is 24.4. The molecule has 1 aromatic rings. The number of nitrogens with two attached hydrogens (primary N) is 1. The summed E-state index contributed by atoms with van der Waals surface area (Å²) in [5, 5.41) is 0. The van der Waals surface area contributed by atoms with Crippen LogP contribution in [0.15, 0.2) is 24.3 Å². The molecule has 3 nitrogen and oxygen atoms in total. The van der Waals surface area contributed by atoms with E-state index in [1.54, 1.807) is 7.11 Å². The van der Waals surface area contributed by atoms with Gasteiger partial charge in [-0.15, -0.1) is 0 Å². The van der Waals surface area contributed by atoms with E-state index in [1.165, 1.54) is 18.4 Å². The van der Waals surface area contributed by atoms with E-state index < -0.39 is 0 Å². The van der Waals surface area contributed by atoms with Gasteiger partial charge in [0.2, 0.25) is 0 Å². The van der Waals surface area contributed by atoms with Crippen molar-refractivity contribution < 1.29 is 9.47 Å². The van der Waals surface area contributed by atoms with E-state index in [9.17, 15) is 0 Å². The summed E-state index contributed by atoms with van der Waals surface area (Å²) in [5.41, 5.74) is 7.21. The molecule has 0 aromatic heterocycles. The first kappa shape index (κ1) is 14.4. The summed E-state index contributed by atoms with van der Waals surface area (Å²) in [7, 11) is 1.70. The maximum Gasteiger partial charge on any atom is 0.119 e. The largest absolute Gasteiger partial charge is 0.497 e. The number of benzene rings is 1. The molecule has 0 spiro atoms. The van der Waals surface area contributed by atoms with Crippen LogP contribution >= 0.6 is 0 Å². The summed E-state index contributed by atoms with van der Waals surface area (Å²) in [4.78, 5) is 0. The Labute approximate surface area is 116 Å². The lowest BCUT2D eigenvalue weighted by Crippen LogP contribution is -2.23. The van der Waals surface area contributed by atoms with Crippen molar-refractivity contribution in [3.63, 3.8) is 0 Å². The third-order valence-electron chi connectivity index (χ3n) is 3.91. The van der Waals surface area contributed by atoms with Gasteiger partial charge in [-0.05, 0) is 62.8 Å². The van der Waals surface area contributed by atoms with Crippen molar-refractivity contribution in [2.75, 3.05) is 13.7 Å². The van der Waals surface area contributed by atoms with Crippen LogP contribution in [-0.4, -0.2) is 25.9 Å².